The van der Waals surface area contributed by atoms with E-state index in [1.54, 1.807) is 34.8 Å². The van der Waals surface area contributed by atoms with E-state index in [9.17, 15) is 30.3 Å². The Balaban J connectivity index is 1.35. The summed E-state index contributed by atoms with van der Waals surface area (Å²) in [5.74, 6) is -0.662. The molecule has 0 spiro atoms. The van der Waals surface area contributed by atoms with E-state index in [-0.39, 0.29) is 37.5 Å². The van der Waals surface area contributed by atoms with Gasteiger partial charge in [0, 0.05) is 75.1 Å². The molecule has 0 bridgehead atoms. The summed E-state index contributed by atoms with van der Waals surface area (Å²) in [4.78, 5) is 19.7. The van der Waals surface area contributed by atoms with Crippen LogP contribution in [0.2, 0.25) is 0 Å². The highest BCUT2D eigenvalue weighted by molar-refractivity contribution is 7.99. The van der Waals surface area contributed by atoms with Crippen molar-refractivity contribution in [2.24, 2.45) is 17.8 Å². The molecule has 1 aromatic heterocycles. The van der Waals surface area contributed by atoms with Gasteiger partial charge in [-0.2, -0.15) is 0 Å². The van der Waals surface area contributed by atoms with E-state index in [1.807, 2.05) is 88.4 Å². The molecular weight excluding hydrogens is 959 g/mol. The van der Waals surface area contributed by atoms with Crippen molar-refractivity contribution in [3.63, 3.8) is 0 Å². The second kappa shape index (κ2) is 27.2. The number of benzene rings is 1. The van der Waals surface area contributed by atoms with Gasteiger partial charge in [0.1, 0.15) is 35.8 Å². The molecule has 0 aliphatic carbocycles. The Morgan fingerprint density at radius 3 is 2.33 bits per heavy atom. The lowest BCUT2D eigenvalue weighted by Crippen LogP contribution is -2.60. The monoisotopic (exact) mass is 1050 g/mol. The minimum absolute atomic E-state index is 0.00784. The fourth-order valence-electron chi connectivity index (χ4n) is 11.2. The average Bonchev–Trinajstić information content (AvgIpc) is 3.81. The summed E-state index contributed by atoms with van der Waals surface area (Å²) in [6, 6.07) is 7.26. The van der Waals surface area contributed by atoms with E-state index >= 15 is 0 Å². The van der Waals surface area contributed by atoms with Crippen LogP contribution in [0.5, 0.6) is 5.75 Å². The normalized spacial score (nSPS) is 38.7. The Labute approximate surface area is 440 Å². The van der Waals surface area contributed by atoms with E-state index in [4.69, 9.17) is 33.2 Å². The molecule has 418 valence electrons. The molecule has 19 heteroatoms. The molecule has 73 heavy (non-hydrogen) atoms. The smallest absolute Gasteiger partial charge is 0.311 e. The number of rotatable bonds is 19. The zero-order valence-electron chi connectivity index (χ0n) is 46.4. The molecule has 2 aromatic rings. The van der Waals surface area contributed by atoms with E-state index in [0.29, 0.717) is 45.5 Å². The Morgan fingerprint density at radius 1 is 0.973 bits per heavy atom. The van der Waals surface area contributed by atoms with Crippen molar-refractivity contribution in [3.8, 4) is 5.75 Å². The van der Waals surface area contributed by atoms with Crippen LogP contribution in [0.3, 0.4) is 0 Å². The maximum Gasteiger partial charge on any atom is 0.311 e. The number of ether oxygens (including phenoxy) is 7. The number of hydrogen-bond donors (Lipinski definition) is 5. The third-order valence-electron chi connectivity index (χ3n) is 15.8. The maximum absolute atomic E-state index is 14.5. The molecule has 0 unspecified atom stereocenters. The number of nitrogens with zero attached hydrogens (tertiary/aromatic N) is 5. The summed E-state index contributed by atoms with van der Waals surface area (Å²) >= 11 is 1.84. The van der Waals surface area contributed by atoms with Gasteiger partial charge in [-0.3, -0.25) is 9.48 Å². The van der Waals surface area contributed by atoms with Crippen LogP contribution in [0.4, 0.5) is 0 Å². The molecule has 0 amide bonds. The molecule has 5 N–H and O–H groups in total. The number of hydrogen-bond acceptors (Lipinski definition) is 18. The van der Waals surface area contributed by atoms with Crippen molar-refractivity contribution in [3.05, 3.63) is 36.2 Å². The lowest BCUT2D eigenvalue weighted by molar-refractivity contribution is -0.301. The van der Waals surface area contributed by atoms with Crippen molar-refractivity contribution in [1.82, 2.24) is 24.8 Å². The molecule has 3 fully saturated rings. The predicted octanol–water partition coefficient (Wildman–Crippen LogP) is 5.12. The third kappa shape index (κ3) is 16.0. The van der Waals surface area contributed by atoms with Gasteiger partial charge >= 0.3 is 5.97 Å². The second-order valence-electron chi connectivity index (χ2n) is 22.3. The Morgan fingerprint density at radius 2 is 1.67 bits per heavy atom. The molecule has 18 atom stereocenters. The molecule has 18 nitrogen and oxygen atoms in total. The molecule has 5 rings (SSSR count). The van der Waals surface area contributed by atoms with Gasteiger partial charge in [-0.25, -0.2) is 0 Å². The molecule has 3 aliphatic heterocycles. The highest BCUT2D eigenvalue weighted by Crippen LogP contribution is 2.39. The number of cyclic esters (lactones) is 1. The number of carbonyl (C=O) groups excluding carboxylic acids is 1. The number of aryl methyl sites for hydroxylation is 1. The van der Waals surface area contributed by atoms with E-state index in [1.165, 1.54) is 11.8 Å². The van der Waals surface area contributed by atoms with Crippen LogP contribution in [0.25, 0.3) is 0 Å². The van der Waals surface area contributed by atoms with Crippen LogP contribution < -0.4 is 4.74 Å². The van der Waals surface area contributed by atoms with Crippen LogP contribution in [-0.2, 0) is 46.2 Å². The van der Waals surface area contributed by atoms with Gasteiger partial charge in [-0.1, -0.05) is 32.9 Å². The van der Waals surface area contributed by atoms with Crippen molar-refractivity contribution in [1.29, 1.82) is 0 Å². The highest BCUT2D eigenvalue weighted by atomic mass is 32.2. The lowest BCUT2D eigenvalue weighted by atomic mass is 9.77. The first-order valence-corrected chi connectivity index (χ1v) is 27.8. The minimum atomic E-state index is -1.82. The first-order valence-electron chi connectivity index (χ1n) is 26.8. The average molecular weight is 1050 g/mol. The molecule has 4 heterocycles. The van der Waals surface area contributed by atoms with Gasteiger partial charge in [0.15, 0.2) is 6.29 Å². The van der Waals surface area contributed by atoms with Crippen LogP contribution in [0, 0.1) is 17.8 Å². The van der Waals surface area contributed by atoms with Crippen LogP contribution >= 0.6 is 11.8 Å². The number of aliphatic hydroxyl groups is 5. The first kappa shape index (κ1) is 61.4. The zero-order chi connectivity index (χ0) is 54.0. The van der Waals surface area contributed by atoms with Crippen LogP contribution in [0.1, 0.15) is 120 Å². The number of methoxy groups -OCH3 is 1. The van der Waals surface area contributed by atoms with E-state index < -0.39 is 95.8 Å². The lowest BCUT2D eigenvalue weighted by Gasteiger charge is -2.48. The Kier molecular flexibility index (Phi) is 22.9. The largest absolute Gasteiger partial charge is 0.494 e. The summed E-state index contributed by atoms with van der Waals surface area (Å²) in [5, 5.41) is 68.4. The number of carbonyl (C=O) groups is 1. The maximum atomic E-state index is 14.5. The zero-order valence-corrected chi connectivity index (χ0v) is 47.2. The SMILES string of the molecule is CCCSc1ccc(OCCCn2cc(CCN(C)[C@H]3C[C@@H](C)O[C@@H](O[C@@H]4[C@@H](C)[C@H](OC[C@H]5C[C@@](C)(OC)[C@@H](O)[C@H](C)O5)[C@@H](C)C(=O)O[C@H](CC)[C@@](C)(O)[C@H](O)[C@@H](C)N(C)C[C@H](C)C[C@@]4(C)O)[C@@H]3O)nn2)cc1. The Hall–Kier alpha value is -2.50. The van der Waals surface area contributed by atoms with Gasteiger partial charge < -0.3 is 68.5 Å². The Bertz CT molecular complexity index is 1960. The summed E-state index contributed by atoms with van der Waals surface area (Å²) in [7, 11) is 5.35. The minimum Gasteiger partial charge on any atom is -0.494 e. The molecule has 0 saturated carbocycles. The van der Waals surface area contributed by atoms with Gasteiger partial charge in [0.05, 0.1) is 66.5 Å². The predicted molar refractivity (Wildman–Crippen MR) is 279 cm³/mol. The van der Waals surface area contributed by atoms with Crippen molar-refractivity contribution < 1.29 is 63.5 Å². The number of likely N-dealkylation sites (N-methyl/N-ethyl adjacent to an activating group) is 2. The third-order valence-corrected chi connectivity index (χ3v) is 17.0. The van der Waals surface area contributed by atoms with Gasteiger partial charge in [-0.05, 0) is 124 Å². The van der Waals surface area contributed by atoms with Crippen LogP contribution in [0.15, 0.2) is 35.4 Å². The van der Waals surface area contributed by atoms with Crippen molar-refractivity contribution >= 4 is 17.7 Å². The fourth-order valence-corrected chi connectivity index (χ4v) is 12.0. The highest BCUT2D eigenvalue weighted by Gasteiger charge is 2.52. The van der Waals surface area contributed by atoms with Gasteiger partial charge in [0.2, 0.25) is 0 Å². The van der Waals surface area contributed by atoms with Gasteiger partial charge in [-0.15, -0.1) is 16.9 Å². The fraction of sp³-hybridized carbons (Fsp3) is 0.833. The standard InChI is InChI=1S/C54H93N5O13S/c1-15-26-73-42-20-18-40(19-21-42)67-25-17-23-59-31-39(55-56-59)22-24-57(12)43-27-34(4)69-51(45(43)60)72-49-35(5)46(68-32-41-29-53(10,66-14)48(62)38(8)70-41)36(6)50(63)71-44(16-2)54(11,65)47(61)37(7)58(13)30-33(3)28-52(49,9)64/h18-21,31,33-38,41,43-49,51,60-62,64-65H,15-17,22-30,32H2,1-14H3/t33-,34-,35+,36-,37-,38+,41-,43+,44-,45-,46+,47-,48+,49-,51+,52-,53-,54-/m1/s1. The summed E-state index contributed by atoms with van der Waals surface area (Å²) in [6.45, 7) is 22.2. The van der Waals surface area contributed by atoms with Crippen LogP contribution in [-0.4, -0.2) is 200 Å². The topological polar surface area (TPSA) is 220 Å². The van der Waals surface area contributed by atoms with E-state index in [2.05, 4.69) is 34.3 Å². The summed E-state index contributed by atoms with van der Waals surface area (Å²) < 4.78 is 46.1. The van der Waals surface area contributed by atoms with Crippen molar-refractivity contribution in [2.75, 3.05) is 53.3 Å². The number of esters is 1. The molecular formula is C54H93N5O13S. The molecule has 3 saturated heterocycles. The second-order valence-corrected chi connectivity index (χ2v) is 23.5. The number of aliphatic hydroxyl groups excluding tert-OH is 3. The molecule has 1 aromatic carbocycles. The first-order chi connectivity index (χ1) is 34.3. The quantitative estimate of drug-likeness (QED) is 0.0701. The van der Waals surface area contributed by atoms with Crippen molar-refractivity contribution in [2.45, 2.75) is 223 Å². The van der Waals surface area contributed by atoms with E-state index in [0.717, 1.165) is 30.0 Å². The number of thioether (sulfide) groups is 1. The summed E-state index contributed by atoms with van der Waals surface area (Å²) in [6.07, 6.45) is -3.43. The summed E-state index contributed by atoms with van der Waals surface area (Å²) in [5.41, 5.74) is -3.52. The van der Waals surface area contributed by atoms with Gasteiger partial charge in [0.25, 0.3) is 0 Å². The number of aromatic nitrogens is 3. The molecule has 3 aliphatic rings. The molecule has 0 radical (unpaired) electrons.